The van der Waals surface area contributed by atoms with Gasteiger partial charge in [0.1, 0.15) is 6.54 Å². The topological polar surface area (TPSA) is 80.1 Å². The van der Waals surface area contributed by atoms with Crippen molar-refractivity contribution in [2.45, 2.75) is 11.7 Å². The van der Waals surface area contributed by atoms with Crippen LogP contribution in [0, 0.1) is 0 Å². The second-order valence-electron chi connectivity index (χ2n) is 6.55. The van der Waals surface area contributed by atoms with Gasteiger partial charge in [-0.15, -0.1) is 16.8 Å². The lowest BCUT2D eigenvalue weighted by molar-refractivity contribution is -0.120. The molecule has 7 nitrogen and oxygen atoms in total. The molecule has 0 spiro atoms. The fourth-order valence-electron chi connectivity index (χ4n) is 3.16. The average molecular weight is 440 g/mol. The summed E-state index contributed by atoms with van der Waals surface area (Å²) in [7, 11) is 0. The minimum absolute atomic E-state index is 0.00816. The van der Waals surface area contributed by atoms with E-state index in [1.54, 1.807) is 24.3 Å². The summed E-state index contributed by atoms with van der Waals surface area (Å²) in [5.41, 5.74) is 2.19. The van der Waals surface area contributed by atoms with Gasteiger partial charge in [-0.1, -0.05) is 41.6 Å². The van der Waals surface area contributed by atoms with E-state index < -0.39 is 0 Å². The van der Waals surface area contributed by atoms with Crippen molar-refractivity contribution in [1.29, 1.82) is 0 Å². The summed E-state index contributed by atoms with van der Waals surface area (Å²) in [5, 5.41) is 12.6. The summed E-state index contributed by atoms with van der Waals surface area (Å²) >= 11 is 7.25. The lowest BCUT2D eigenvalue weighted by Gasteiger charge is -2.29. The first-order valence-electron chi connectivity index (χ1n) is 9.19. The van der Waals surface area contributed by atoms with E-state index in [4.69, 9.17) is 11.6 Å². The largest absolute Gasteiger partial charge is 0.323 e. The zero-order chi connectivity index (χ0) is 21.1. The Morgan fingerprint density at radius 2 is 1.97 bits per heavy atom. The second-order valence-corrected chi connectivity index (χ2v) is 7.93. The van der Waals surface area contributed by atoms with Gasteiger partial charge in [0.25, 0.3) is 0 Å². The molecule has 2 heterocycles. The van der Waals surface area contributed by atoms with Gasteiger partial charge in [0.15, 0.2) is 11.0 Å². The molecule has 0 saturated carbocycles. The summed E-state index contributed by atoms with van der Waals surface area (Å²) in [5.74, 6) is 0.400. The standard InChI is InChI=1S/C21H18ClN5O2S/c1-2-11-26-20(14-7-9-15(22)10-8-14)24-25-21(26)30-13-19(29)27-12-18(28)23-16-5-3-4-6-17(16)27/h2-10H,1,11-13H2,(H,23,28). The van der Waals surface area contributed by atoms with Crippen molar-refractivity contribution >= 4 is 46.6 Å². The van der Waals surface area contributed by atoms with Gasteiger partial charge in [0.2, 0.25) is 11.8 Å². The second kappa shape index (κ2) is 8.73. The van der Waals surface area contributed by atoms with Gasteiger partial charge in [-0.3, -0.25) is 14.2 Å². The lowest BCUT2D eigenvalue weighted by Crippen LogP contribution is -2.43. The van der Waals surface area contributed by atoms with Crippen molar-refractivity contribution in [1.82, 2.24) is 14.8 Å². The SMILES string of the molecule is C=CCn1c(SCC(=O)N2CC(=O)Nc3ccccc32)nnc1-c1ccc(Cl)cc1. The minimum atomic E-state index is -0.216. The first kappa shape index (κ1) is 20.2. The molecule has 0 unspecified atom stereocenters. The van der Waals surface area contributed by atoms with Gasteiger partial charge in [0, 0.05) is 17.1 Å². The molecule has 2 aromatic carbocycles. The third-order valence-electron chi connectivity index (χ3n) is 4.53. The predicted octanol–water partition coefficient (Wildman–Crippen LogP) is 3.86. The number of carbonyl (C=O) groups excluding carboxylic acids is 2. The highest BCUT2D eigenvalue weighted by molar-refractivity contribution is 7.99. The summed E-state index contributed by atoms with van der Waals surface area (Å²) in [6.45, 7) is 4.29. The molecule has 2 amide bonds. The highest BCUT2D eigenvalue weighted by atomic mass is 35.5. The number of rotatable bonds is 6. The Hall–Kier alpha value is -3.10. The maximum atomic E-state index is 12.9. The summed E-state index contributed by atoms with van der Waals surface area (Å²) in [4.78, 5) is 26.4. The molecule has 30 heavy (non-hydrogen) atoms. The normalized spacial score (nSPS) is 13.0. The zero-order valence-electron chi connectivity index (χ0n) is 15.9. The van der Waals surface area contributed by atoms with E-state index in [9.17, 15) is 9.59 Å². The zero-order valence-corrected chi connectivity index (χ0v) is 17.5. The molecule has 1 aromatic heterocycles. The van der Waals surface area contributed by atoms with Gasteiger partial charge < -0.3 is 10.2 Å². The molecular weight excluding hydrogens is 422 g/mol. The fraction of sp³-hybridized carbons (Fsp3) is 0.143. The van der Waals surface area contributed by atoms with E-state index in [0.717, 1.165) is 5.56 Å². The number of benzene rings is 2. The smallest absolute Gasteiger partial charge is 0.244 e. The van der Waals surface area contributed by atoms with Crippen LogP contribution >= 0.6 is 23.4 Å². The van der Waals surface area contributed by atoms with Crippen LogP contribution in [-0.4, -0.2) is 38.9 Å². The van der Waals surface area contributed by atoms with E-state index in [2.05, 4.69) is 22.1 Å². The molecule has 1 aliphatic heterocycles. The number of thioether (sulfide) groups is 1. The highest BCUT2D eigenvalue weighted by Gasteiger charge is 2.27. The van der Waals surface area contributed by atoms with E-state index in [1.807, 2.05) is 34.9 Å². The molecule has 0 aliphatic carbocycles. The molecule has 1 N–H and O–H groups in total. The molecule has 4 rings (SSSR count). The Balaban J connectivity index is 1.54. The third-order valence-corrected chi connectivity index (χ3v) is 5.73. The monoisotopic (exact) mass is 439 g/mol. The van der Waals surface area contributed by atoms with Crippen LogP contribution in [0.25, 0.3) is 11.4 Å². The van der Waals surface area contributed by atoms with Crippen LogP contribution in [0.15, 0.2) is 66.3 Å². The molecular formula is C21H18ClN5O2S. The summed E-state index contributed by atoms with van der Waals surface area (Å²) < 4.78 is 1.89. The maximum Gasteiger partial charge on any atom is 0.244 e. The third kappa shape index (κ3) is 4.10. The molecule has 0 atom stereocenters. The Labute approximate surface area is 182 Å². The molecule has 0 fully saturated rings. The van der Waals surface area contributed by atoms with Crippen LogP contribution < -0.4 is 10.2 Å². The molecule has 9 heteroatoms. The highest BCUT2D eigenvalue weighted by Crippen LogP contribution is 2.30. The number of amides is 2. The van der Waals surface area contributed by atoms with Crippen molar-refractivity contribution in [3.05, 3.63) is 66.2 Å². The van der Waals surface area contributed by atoms with Crippen molar-refractivity contribution in [3.63, 3.8) is 0 Å². The minimum Gasteiger partial charge on any atom is -0.323 e. The van der Waals surface area contributed by atoms with Crippen LogP contribution in [-0.2, 0) is 16.1 Å². The number of fused-ring (bicyclic) bond motifs is 1. The average Bonchev–Trinajstić information content (AvgIpc) is 3.14. The first-order valence-corrected chi connectivity index (χ1v) is 10.6. The van der Waals surface area contributed by atoms with Crippen LogP contribution in [0.5, 0.6) is 0 Å². The van der Waals surface area contributed by atoms with Gasteiger partial charge in [-0.05, 0) is 36.4 Å². The quantitative estimate of drug-likeness (QED) is 0.466. The Bertz CT molecular complexity index is 1110. The van der Waals surface area contributed by atoms with Crippen molar-refractivity contribution < 1.29 is 9.59 Å². The number of allylic oxidation sites excluding steroid dienone is 1. The van der Waals surface area contributed by atoms with Crippen molar-refractivity contribution in [2.24, 2.45) is 0 Å². The number of hydrogen-bond donors (Lipinski definition) is 1. The molecule has 0 radical (unpaired) electrons. The van der Waals surface area contributed by atoms with Crippen molar-refractivity contribution in [2.75, 3.05) is 22.5 Å². The Morgan fingerprint density at radius 3 is 2.73 bits per heavy atom. The number of carbonyl (C=O) groups is 2. The molecule has 1 aliphatic rings. The molecule has 3 aromatic rings. The maximum absolute atomic E-state index is 12.9. The summed E-state index contributed by atoms with van der Waals surface area (Å²) in [6.07, 6.45) is 1.75. The van der Waals surface area contributed by atoms with Crippen molar-refractivity contribution in [3.8, 4) is 11.4 Å². The number of para-hydroxylation sites is 2. The van der Waals surface area contributed by atoms with Gasteiger partial charge in [0.05, 0.1) is 17.1 Å². The van der Waals surface area contributed by atoms with E-state index >= 15 is 0 Å². The fourth-order valence-corrected chi connectivity index (χ4v) is 4.11. The van der Waals surface area contributed by atoms with Crippen LogP contribution in [0.4, 0.5) is 11.4 Å². The van der Waals surface area contributed by atoms with Gasteiger partial charge in [-0.25, -0.2) is 0 Å². The lowest BCUT2D eigenvalue weighted by atomic mass is 10.2. The number of hydrogen-bond acceptors (Lipinski definition) is 5. The number of halogens is 1. The number of anilines is 2. The Morgan fingerprint density at radius 1 is 1.20 bits per heavy atom. The summed E-state index contributed by atoms with van der Waals surface area (Å²) in [6, 6.07) is 14.6. The van der Waals surface area contributed by atoms with Gasteiger partial charge in [-0.2, -0.15) is 0 Å². The van der Waals surface area contributed by atoms with Crippen LogP contribution in [0.2, 0.25) is 5.02 Å². The number of nitrogens with one attached hydrogen (secondary N) is 1. The van der Waals surface area contributed by atoms with Gasteiger partial charge >= 0.3 is 0 Å². The first-order chi connectivity index (χ1) is 14.6. The number of nitrogens with zero attached hydrogens (tertiary/aromatic N) is 4. The molecule has 0 bridgehead atoms. The number of aromatic nitrogens is 3. The van der Waals surface area contributed by atoms with Crippen LogP contribution in [0.1, 0.15) is 0 Å². The molecule has 152 valence electrons. The molecule has 0 saturated heterocycles. The van der Waals surface area contributed by atoms with E-state index in [0.29, 0.717) is 33.9 Å². The Kier molecular flexibility index (Phi) is 5.87. The predicted molar refractivity (Wildman–Crippen MR) is 119 cm³/mol. The van der Waals surface area contributed by atoms with E-state index in [1.165, 1.54) is 16.7 Å². The van der Waals surface area contributed by atoms with E-state index in [-0.39, 0.29) is 24.1 Å². The van der Waals surface area contributed by atoms with Crippen LogP contribution in [0.3, 0.4) is 0 Å².